The van der Waals surface area contributed by atoms with Crippen molar-refractivity contribution >= 4 is 5.69 Å². The van der Waals surface area contributed by atoms with Crippen LogP contribution >= 0.6 is 0 Å². The molecule has 1 saturated heterocycles. The standard InChI is InChI=1S/C12H17NO2/c14-8-10-3-1-4-11(7-10)13-12-5-2-6-15-9-12/h1,3-4,7,12-14H,2,5-6,8-9H2. The van der Waals surface area contributed by atoms with Crippen LogP contribution in [0.15, 0.2) is 24.3 Å². The van der Waals surface area contributed by atoms with E-state index in [0.717, 1.165) is 37.3 Å². The second-order valence-corrected chi connectivity index (χ2v) is 3.92. The van der Waals surface area contributed by atoms with Gasteiger partial charge in [-0.15, -0.1) is 0 Å². The quantitative estimate of drug-likeness (QED) is 0.793. The highest BCUT2D eigenvalue weighted by Crippen LogP contribution is 2.15. The molecule has 2 rings (SSSR count). The molecule has 0 aromatic heterocycles. The number of aliphatic hydroxyl groups excluding tert-OH is 1. The predicted octanol–water partition coefficient (Wildman–Crippen LogP) is 1.77. The summed E-state index contributed by atoms with van der Waals surface area (Å²) in [5.41, 5.74) is 2.01. The van der Waals surface area contributed by atoms with Crippen LogP contribution in [0.3, 0.4) is 0 Å². The molecule has 1 aliphatic heterocycles. The summed E-state index contributed by atoms with van der Waals surface area (Å²) >= 11 is 0. The van der Waals surface area contributed by atoms with E-state index in [2.05, 4.69) is 5.32 Å². The molecule has 1 aromatic rings. The van der Waals surface area contributed by atoms with Crippen molar-refractivity contribution in [2.75, 3.05) is 18.5 Å². The number of nitrogens with one attached hydrogen (secondary N) is 1. The third-order valence-corrected chi connectivity index (χ3v) is 2.64. The van der Waals surface area contributed by atoms with Gasteiger partial charge in [0.15, 0.2) is 0 Å². The highest BCUT2D eigenvalue weighted by molar-refractivity contribution is 5.46. The van der Waals surface area contributed by atoms with Gasteiger partial charge >= 0.3 is 0 Å². The highest BCUT2D eigenvalue weighted by atomic mass is 16.5. The van der Waals surface area contributed by atoms with Crippen LogP contribution in [0.1, 0.15) is 18.4 Å². The average Bonchev–Trinajstić information content (AvgIpc) is 2.31. The Labute approximate surface area is 90.1 Å². The van der Waals surface area contributed by atoms with Crippen LogP contribution < -0.4 is 5.32 Å². The number of rotatable bonds is 3. The maximum atomic E-state index is 9.02. The lowest BCUT2D eigenvalue weighted by Crippen LogP contribution is -2.29. The topological polar surface area (TPSA) is 41.5 Å². The molecular weight excluding hydrogens is 190 g/mol. The van der Waals surface area contributed by atoms with E-state index in [1.165, 1.54) is 0 Å². The minimum Gasteiger partial charge on any atom is -0.392 e. The second-order valence-electron chi connectivity index (χ2n) is 3.92. The number of hydrogen-bond donors (Lipinski definition) is 2. The van der Waals surface area contributed by atoms with Crippen LogP contribution in [0.5, 0.6) is 0 Å². The van der Waals surface area contributed by atoms with Gasteiger partial charge < -0.3 is 15.2 Å². The maximum absolute atomic E-state index is 9.02. The normalized spacial score (nSPS) is 21.3. The molecule has 1 atom stereocenters. The van der Waals surface area contributed by atoms with E-state index in [0.29, 0.717) is 6.04 Å². The van der Waals surface area contributed by atoms with Crippen molar-refractivity contribution in [3.63, 3.8) is 0 Å². The molecule has 0 radical (unpaired) electrons. The smallest absolute Gasteiger partial charge is 0.0682 e. The number of ether oxygens (including phenoxy) is 1. The van der Waals surface area contributed by atoms with Crippen molar-refractivity contribution in [2.24, 2.45) is 0 Å². The summed E-state index contributed by atoms with van der Waals surface area (Å²) < 4.78 is 5.40. The second kappa shape index (κ2) is 5.14. The van der Waals surface area contributed by atoms with Crippen LogP contribution in [-0.2, 0) is 11.3 Å². The number of hydrogen-bond acceptors (Lipinski definition) is 3. The van der Waals surface area contributed by atoms with Gasteiger partial charge in [0.25, 0.3) is 0 Å². The zero-order chi connectivity index (χ0) is 10.5. The molecule has 82 valence electrons. The van der Waals surface area contributed by atoms with Crippen molar-refractivity contribution < 1.29 is 9.84 Å². The first kappa shape index (κ1) is 10.5. The van der Waals surface area contributed by atoms with E-state index in [1.54, 1.807) is 0 Å². The fourth-order valence-corrected chi connectivity index (χ4v) is 1.85. The molecule has 1 unspecified atom stereocenters. The lowest BCUT2D eigenvalue weighted by Gasteiger charge is -2.24. The molecule has 15 heavy (non-hydrogen) atoms. The summed E-state index contributed by atoms with van der Waals surface area (Å²) in [6.07, 6.45) is 2.28. The molecular formula is C12H17NO2. The van der Waals surface area contributed by atoms with Gasteiger partial charge in [0.2, 0.25) is 0 Å². The van der Waals surface area contributed by atoms with Crippen LogP contribution in [0.4, 0.5) is 5.69 Å². The van der Waals surface area contributed by atoms with Gasteiger partial charge in [-0.25, -0.2) is 0 Å². The van der Waals surface area contributed by atoms with Gasteiger partial charge in [-0.05, 0) is 30.5 Å². The molecule has 1 heterocycles. The van der Waals surface area contributed by atoms with E-state index < -0.39 is 0 Å². The van der Waals surface area contributed by atoms with Crippen molar-refractivity contribution in [1.82, 2.24) is 0 Å². The van der Waals surface area contributed by atoms with Gasteiger partial charge in [0.05, 0.1) is 13.2 Å². The maximum Gasteiger partial charge on any atom is 0.0682 e. The van der Waals surface area contributed by atoms with Gasteiger partial charge in [0, 0.05) is 18.3 Å². The third-order valence-electron chi connectivity index (χ3n) is 2.64. The number of benzene rings is 1. The van der Waals surface area contributed by atoms with Gasteiger partial charge in [0.1, 0.15) is 0 Å². The Bertz CT molecular complexity index is 308. The summed E-state index contributed by atoms with van der Waals surface area (Å²) in [6.45, 7) is 1.76. The van der Waals surface area contributed by atoms with Gasteiger partial charge in [-0.2, -0.15) is 0 Å². The number of anilines is 1. The van der Waals surface area contributed by atoms with E-state index in [1.807, 2.05) is 24.3 Å². The first-order valence-corrected chi connectivity index (χ1v) is 5.42. The Morgan fingerprint density at radius 2 is 2.40 bits per heavy atom. The largest absolute Gasteiger partial charge is 0.392 e. The molecule has 0 spiro atoms. The Morgan fingerprint density at radius 1 is 1.47 bits per heavy atom. The van der Waals surface area contributed by atoms with Crippen LogP contribution in [0.25, 0.3) is 0 Å². The van der Waals surface area contributed by atoms with Crippen molar-refractivity contribution in [2.45, 2.75) is 25.5 Å². The fourth-order valence-electron chi connectivity index (χ4n) is 1.85. The van der Waals surface area contributed by atoms with Crippen molar-refractivity contribution in [3.8, 4) is 0 Å². The highest BCUT2D eigenvalue weighted by Gasteiger charge is 2.13. The molecule has 0 amide bonds. The molecule has 3 heteroatoms. The van der Waals surface area contributed by atoms with E-state index in [-0.39, 0.29) is 6.61 Å². The monoisotopic (exact) mass is 207 g/mol. The molecule has 1 fully saturated rings. The molecule has 1 aliphatic rings. The van der Waals surface area contributed by atoms with Gasteiger partial charge in [-0.3, -0.25) is 0 Å². The Morgan fingerprint density at radius 3 is 3.13 bits per heavy atom. The van der Waals surface area contributed by atoms with E-state index in [9.17, 15) is 0 Å². The fraction of sp³-hybridized carbons (Fsp3) is 0.500. The average molecular weight is 207 g/mol. The molecule has 0 saturated carbocycles. The first-order valence-electron chi connectivity index (χ1n) is 5.42. The Balaban J connectivity index is 1.96. The van der Waals surface area contributed by atoms with E-state index >= 15 is 0 Å². The Kier molecular flexibility index (Phi) is 3.59. The number of aliphatic hydroxyl groups is 1. The first-order chi connectivity index (χ1) is 7.38. The molecule has 2 N–H and O–H groups in total. The summed E-state index contributed by atoms with van der Waals surface area (Å²) in [4.78, 5) is 0. The molecule has 3 nitrogen and oxygen atoms in total. The lowest BCUT2D eigenvalue weighted by atomic mass is 10.1. The zero-order valence-corrected chi connectivity index (χ0v) is 8.78. The third kappa shape index (κ3) is 2.94. The zero-order valence-electron chi connectivity index (χ0n) is 8.78. The van der Waals surface area contributed by atoms with Gasteiger partial charge in [-0.1, -0.05) is 12.1 Å². The molecule has 0 aliphatic carbocycles. The molecule has 0 bridgehead atoms. The summed E-state index contributed by atoms with van der Waals surface area (Å²) in [5, 5.41) is 12.4. The van der Waals surface area contributed by atoms with Crippen LogP contribution in [-0.4, -0.2) is 24.4 Å². The summed E-state index contributed by atoms with van der Waals surface area (Å²) in [6, 6.07) is 8.29. The predicted molar refractivity (Wildman–Crippen MR) is 59.8 cm³/mol. The minimum absolute atomic E-state index is 0.0939. The minimum atomic E-state index is 0.0939. The van der Waals surface area contributed by atoms with E-state index in [4.69, 9.17) is 9.84 Å². The van der Waals surface area contributed by atoms with Crippen LogP contribution in [0.2, 0.25) is 0 Å². The van der Waals surface area contributed by atoms with Crippen LogP contribution in [0, 0.1) is 0 Å². The summed E-state index contributed by atoms with van der Waals surface area (Å²) in [7, 11) is 0. The Hall–Kier alpha value is -1.06. The van der Waals surface area contributed by atoms with Crippen molar-refractivity contribution in [1.29, 1.82) is 0 Å². The summed E-state index contributed by atoms with van der Waals surface area (Å²) in [5.74, 6) is 0. The molecule has 1 aromatic carbocycles. The lowest BCUT2D eigenvalue weighted by molar-refractivity contribution is 0.0876. The SMILES string of the molecule is OCc1cccc(NC2CCCOC2)c1. The van der Waals surface area contributed by atoms with Crippen molar-refractivity contribution in [3.05, 3.63) is 29.8 Å².